The molecule has 2 aromatic rings. The van der Waals surface area contributed by atoms with E-state index >= 15 is 0 Å². The molecule has 1 atom stereocenters. The minimum absolute atomic E-state index is 0.469. The van der Waals surface area contributed by atoms with E-state index in [0.29, 0.717) is 17.2 Å². The van der Waals surface area contributed by atoms with Crippen molar-refractivity contribution in [2.75, 3.05) is 0 Å². The van der Waals surface area contributed by atoms with Crippen molar-refractivity contribution in [3.05, 3.63) is 58.5 Å². The Hall–Kier alpha value is -1.25. The first kappa shape index (κ1) is 12.2. The Balaban J connectivity index is 2.11. The fourth-order valence-electron chi connectivity index (χ4n) is 1.74. The van der Waals surface area contributed by atoms with E-state index < -0.39 is 6.10 Å². The molecule has 0 aliphatic heterocycles. The Morgan fingerprint density at radius 2 is 2.00 bits per heavy atom. The zero-order chi connectivity index (χ0) is 12.3. The highest BCUT2D eigenvalue weighted by molar-refractivity contribution is 6.31. The summed E-state index contributed by atoms with van der Waals surface area (Å²) in [6, 6.07) is 11.2. The van der Waals surface area contributed by atoms with Crippen molar-refractivity contribution in [1.29, 1.82) is 0 Å². The van der Waals surface area contributed by atoms with Crippen LogP contribution in [-0.4, -0.2) is 5.11 Å². The molecule has 0 saturated heterocycles. The van der Waals surface area contributed by atoms with Crippen LogP contribution in [0.1, 0.15) is 30.1 Å². The molecule has 0 aliphatic rings. The first-order valence-corrected chi connectivity index (χ1v) is 6.08. The molecule has 0 bridgehead atoms. The largest absolute Gasteiger partial charge is 0.463 e. The van der Waals surface area contributed by atoms with Crippen LogP contribution in [0.3, 0.4) is 0 Å². The molecule has 0 amide bonds. The van der Waals surface area contributed by atoms with Gasteiger partial charge in [0.25, 0.3) is 0 Å². The van der Waals surface area contributed by atoms with Gasteiger partial charge in [-0.05, 0) is 23.8 Å². The predicted octanol–water partition coefficient (Wildman–Crippen LogP) is 3.77. The van der Waals surface area contributed by atoms with Gasteiger partial charge in [-0.25, -0.2) is 0 Å². The standard InChI is InChI=1S/C14H15ClO2/c1-2-11-7-8-14(17-11)13(16)9-10-5-3-4-6-12(10)15/h3-8,13,16H,2,9H2,1H3. The molecule has 17 heavy (non-hydrogen) atoms. The summed E-state index contributed by atoms with van der Waals surface area (Å²) >= 11 is 6.05. The van der Waals surface area contributed by atoms with Crippen LogP contribution >= 0.6 is 11.6 Å². The molecule has 1 heterocycles. The van der Waals surface area contributed by atoms with E-state index in [0.717, 1.165) is 17.7 Å². The van der Waals surface area contributed by atoms with E-state index in [2.05, 4.69) is 0 Å². The highest BCUT2D eigenvalue weighted by Crippen LogP contribution is 2.24. The summed E-state index contributed by atoms with van der Waals surface area (Å²) in [6.07, 6.45) is 0.657. The smallest absolute Gasteiger partial charge is 0.133 e. The van der Waals surface area contributed by atoms with Crippen LogP contribution in [0, 0.1) is 0 Å². The van der Waals surface area contributed by atoms with Gasteiger partial charge in [0.05, 0.1) is 0 Å². The molecule has 1 aromatic carbocycles. The summed E-state index contributed by atoms with van der Waals surface area (Å²) in [4.78, 5) is 0. The second kappa shape index (κ2) is 5.39. The maximum absolute atomic E-state index is 10.1. The van der Waals surface area contributed by atoms with Crippen molar-refractivity contribution in [3.63, 3.8) is 0 Å². The van der Waals surface area contributed by atoms with Crippen LogP contribution in [0.4, 0.5) is 0 Å². The molecule has 0 fully saturated rings. The SMILES string of the molecule is CCc1ccc(C(O)Cc2ccccc2Cl)o1. The minimum Gasteiger partial charge on any atom is -0.463 e. The second-order valence-corrected chi connectivity index (χ2v) is 4.38. The van der Waals surface area contributed by atoms with Crippen molar-refractivity contribution in [2.24, 2.45) is 0 Å². The van der Waals surface area contributed by atoms with Gasteiger partial charge in [0.2, 0.25) is 0 Å². The zero-order valence-electron chi connectivity index (χ0n) is 9.69. The summed E-state index contributed by atoms with van der Waals surface area (Å²) in [5.74, 6) is 1.49. The Morgan fingerprint density at radius 3 is 2.65 bits per heavy atom. The van der Waals surface area contributed by atoms with Crippen molar-refractivity contribution in [2.45, 2.75) is 25.9 Å². The number of hydrogen-bond acceptors (Lipinski definition) is 2. The number of aryl methyl sites for hydroxylation is 1. The third-order valence-electron chi connectivity index (χ3n) is 2.73. The summed E-state index contributed by atoms with van der Waals surface area (Å²) in [6.45, 7) is 2.02. The molecule has 1 unspecified atom stereocenters. The maximum atomic E-state index is 10.1. The van der Waals surface area contributed by atoms with Gasteiger partial charge < -0.3 is 9.52 Å². The van der Waals surface area contributed by atoms with Gasteiger partial charge in [0.1, 0.15) is 17.6 Å². The summed E-state index contributed by atoms with van der Waals surface area (Å²) in [5, 5.41) is 10.7. The molecule has 0 saturated carbocycles. The van der Waals surface area contributed by atoms with Crippen molar-refractivity contribution < 1.29 is 9.52 Å². The topological polar surface area (TPSA) is 33.4 Å². The number of halogens is 1. The normalized spacial score (nSPS) is 12.6. The van der Waals surface area contributed by atoms with Crippen LogP contribution in [0.15, 0.2) is 40.8 Å². The van der Waals surface area contributed by atoms with E-state index in [-0.39, 0.29) is 0 Å². The molecule has 0 aliphatic carbocycles. The molecule has 3 heteroatoms. The summed E-state index contributed by atoms with van der Waals surface area (Å²) in [7, 11) is 0. The fourth-order valence-corrected chi connectivity index (χ4v) is 1.95. The van der Waals surface area contributed by atoms with Gasteiger partial charge in [-0.3, -0.25) is 0 Å². The summed E-state index contributed by atoms with van der Waals surface area (Å²) in [5.41, 5.74) is 0.927. The summed E-state index contributed by atoms with van der Waals surface area (Å²) < 4.78 is 5.51. The van der Waals surface area contributed by atoms with Crippen LogP contribution in [-0.2, 0) is 12.8 Å². The molecule has 1 N–H and O–H groups in total. The Morgan fingerprint density at radius 1 is 1.24 bits per heavy atom. The Kier molecular flexibility index (Phi) is 3.87. The number of aliphatic hydroxyl groups excluding tert-OH is 1. The lowest BCUT2D eigenvalue weighted by molar-refractivity contribution is 0.148. The number of rotatable bonds is 4. The molecule has 0 radical (unpaired) electrons. The quantitative estimate of drug-likeness (QED) is 0.896. The minimum atomic E-state index is -0.643. The van der Waals surface area contributed by atoms with Crippen LogP contribution < -0.4 is 0 Å². The van der Waals surface area contributed by atoms with E-state index in [9.17, 15) is 5.11 Å². The average Bonchev–Trinajstić information content (AvgIpc) is 2.81. The number of furan rings is 1. The van der Waals surface area contributed by atoms with Gasteiger partial charge in [0.15, 0.2) is 0 Å². The predicted molar refractivity (Wildman–Crippen MR) is 68.2 cm³/mol. The third-order valence-corrected chi connectivity index (χ3v) is 3.10. The lowest BCUT2D eigenvalue weighted by Gasteiger charge is -2.09. The van der Waals surface area contributed by atoms with E-state index in [1.165, 1.54) is 0 Å². The van der Waals surface area contributed by atoms with Gasteiger partial charge in [-0.1, -0.05) is 36.7 Å². The lowest BCUT2D eigenvalue weighted by Crippen LogP contribution is -2.00. The van der Waals surface area contributed by atoms with Gasteiger partial charge >= 0.3 is 0 Å². The van der Waals surface area contributed by atoms with Crippen molar-refractivity contribution in [1.82, 2.24) is 0 Å². The highest BCUT2D eigenvalue weighted by Gasteiger charge is 2.14. The molecular weight excluding hydrogens is 236 g/mol. The zero-order valence-corrected chi connectivity index (χ0v) is 10.4. The molecule has 2 rings (SSSR count). The van der Waals surface area contributed by atoms with Gasteiger partial charge in [-0.2, -0.15) is 0 Å². The highest BCUT2D eigenvalue weighted by atomic mass is 35.5. The van der Waals surface area contributed by atoms with Crippen molar-refractivity contribution in [3.8, 4) is 0 Å². The van der Waals surface area contributed by atoms with Crippen LogP contribution in [0.2, 0.25) is 5.02 Å². The first-order chi connectivity index (χ1) is 8.20. The van der Waals surface area contributed by atoms with Crippen LogP contribution in [0.5, 0.6) is 0 Å². The first-order valence-electron chi connectivity index (χ1n) is 5.70. The van der Waals surface area contributed by atoms with Gasteiger partial charge in [0, 0.05) is 17.9 Å². The van der Waals surface area contributed by atoms with Crippen LogP contribution in [0.25, 0.3) is 0 Å². The third kappa shape index (κ3) is 2.90. The Labute approximate surface area is 106 Å². The average molecular weight is 251 g/mol. The lowest BCUT2D eigenvalue weighted by atomic mass is 10.1. The molecule has 90 valence electrons. The van der Waals surface area contributed by atoms with E-state index in [1.54, 1.807) is 0 Å². The van der Waals surface area contributed by atoms with E-state index in [4.69, 9.17) is 16.0 Å². The van der Waals surface area contributed by atoms with Crippen molar-refractivity contribution >= 4 is 11.6 Å². The van der Waals surface area contributed by atoms with Gasteiger partial charge in [-0.15, -0.1) is 0 Å². The molecule has 1 aromatic heterocycles. The monoisotopic (exact) mass is 250 g/mol. The molecule has 0 spiro atoms. The molecular formula is C14H15ClO2. The second-order valence-electron chi connectivity index (χ2n) is 3.97. The number of benzene rings is 1. The number of hydrogen-bond donors (Lipinski definition) is 1. The number of aliphatic hydroxyl groups is 1. The maximum Gasteiger partial charge on any atom is 0.133 e. The fraction of sp³-hybridized carbons (Fsp3) is 0.286. The van der Waals surface area contributed by atoms with E-state index in [1.807, 2.05) is 43.3 Å². The molecule has 2 nitrogen and oxygen atoms in total. The Bertz CT molecular complexity index is 490.